The molecule has 1 saturated heterocycles. The van der Waals surface area contributed by atoms with Gasteiger partial charge in [0.2, 0.25) is 10.0 Å². The van der Waals surface area contributed by atoms with Gasteiger partial charge in [0.25, 0.3) is 5.69 Å². The van der Waals surface area contributed by atoms with Crippen LogP contribution in [0.2, 0.25) is 0 Å². The zero-order valence-electron chi connectivity index (χ0n) is 16.0. The first-order valence-electron chi connectivity index (χ1n) is 8.83. The number of nitro groups is 1. The van der Waals surface area contributed by atoms with Crippen LogP contribution >= 0.6 is 0 Å². The van der Waals surface area contributed by atoms with E-state index in [1.165, 1.54) is 35.7 Å². The van der Waals surface area contributed by atoms with E-state index in [9.17, 15) is 23.6 Å². The summed E-state index contributed by atoms with van der Waals surface area (Å²) in [5.74, 6) is 0.132. The molecular weight excluding hydrogens is 400 g/mol. The molecule has 1 aliphatic heterocycles. The highest BCUT2D eigenvalue weighted by atomic mass is 32.2. The molecule has 11 heteroatoms. The lowest BCUT2D eigenvalue weighted by atomic mass is 10.2. The number of hydrogen-bond donors (Lipinski definition) is 2. The second kappa shape index (κ2) is 8.23. The van der Waals surface area contributed by atoms with Crippen molar-refractivity contribution in [2.45, 2.75) is 4.90 Å². The summed E-state index contributed by atoms with van der Waals surface area (Å²) in [6.07, 6.45) is 0. The van der Waals surface area contributed by atoms with Crippen molar-refractivity contribution in [3.05, 3.63) is 46.5 Å². The number of nitrogens with one attached hydrogen (secondary N) is 1. The van der Waals surface area contributed by atoms with E-state index in [1.807, 2.05) is 11.9 Å². The van der Waals surface area contributed by atoms with Crippen LogP contribution in [0.1, 0.15) is 0 Å². The molecule has 2 N–H and O–H groups in total. The quantitative estimate of drug-likeness (QED) is 0.535. The molecule has 2 aromatic rings. The number of nitrogens with zero attached hydrogens (tertiary/aromatic N) is 3. The topological polar surface area (TPSA) is 125 Å². The Morgan fingerprint density at radius 3 is 2.41 bits per heavy atom. The van der Waals surface area contributed by atoms with E-state index in [0.717, 1.165) is 6.07 Å². The highest BCUT2D eigenvalue weighted by molar-refractivity contribution is 7.89. The average Bonchev–Trinajstić information content (AvgIpc) is 2.68. The van der Waals surface area contributed by atoms with Gasteiger partial charge in [-0.15, -0.1) is 0 Å². The number of phenols is 1. The Bertz CT molecular complexity index is 1020. The van der Waals surface area contributed by atoms with Gasteiger partial charge in [0, 0.05) is 44.0 Å². The maximum atomic E-state index is 12.9. The van der Waals surface area contributed by atoms with Gasteiger partial charge in [-0.1, -0.05) is 0 Å². The van der Waals surface area contributed by atoms with Crippen LogP contribution in [0.5, 0.6) is 11.5 Å². The lowest BCUT2D eigenvalue weighted by Crippen LogP contribution is -2.47. The van der Waals surface area contributed by atoms with Crippen molar-refractivity contribution in [2.75, 3.05) is 45.7 Å². The number of methoxy groups -OCH3 is 1. The third kappa shape index (κ3) is 4.42. The highest BCUT2D eigenvalue weighted by Crippen LogP contribution is 2.34. The second-order valence-corrected chi connectivity index (χ2v) is 8.59. The molecule has 0 saturated carbocycles. The number of sulfonamides is 1. The molecule has 0 radical (unpaired) electrons. The number of anilines is 2. The number of rotatable bonds is 6. The van der Waals surface area contributed by atoms with Crippen molar-refractivity contribution in [1.82, 2.24) is 9.21 Å². The Labute approximate surface area is 168 Å². The molecular formula is C18H22N4O6S. The summed E-state index contributed by atoms with van der Waals surface area (Å²) in [6.45, 7) is 1.86. The lowest BCUT2D eigenvalue weighted by molar-refractivity contribution is -0.384. The van der Waals surface area contributed by atoms with Gasteiger partial charge in [-0.05, 0) is 31.3 Å². The van der Waals surface area contributed by atoms with Gasteiger partial charge >= 0.3 is 0 Å². The van der Waals surface area contributed by atoms with E-state index in [-0.39, 0.29) is 27.8 Å². The molecule has 1 aliphatic rings. The number of ether oxygens (including phenoxy) is 1. The van der Waals surface area contributed by atoms with E-state index in [4.69, 9.17) is 4.74 Å². The first-order chi connectivity index (χ1) is 13.7. The maximum Gasteiger partial charge on any atom is 0.294 e. The minimum atomic E-state index is -3.83. The van der Waals surface area contributed by atoms with Crippen LogP contribution in [-0.2, 0) is 10.0 Å². The Hall–Kier alpha value is -2.89. The van der Waals surface area contributed by atoms with Gasteiger partial charge < -0.3 is 20.1 Å². The minimum absolute atomic E-state index is 0.108. The summed E-state index contributed by atoms with van der Waals surface area (Å²) in [5, 5.41) is 24.3. The third-order valence-corrected chi connectivity index (χ3v) is 6.62. The first kappa shape index (κ1) is 20.8. The van der Waals surface area contributed by atoms with E-state index >= 15 is 0 Å². The van der Waals surface area contributed by atoms with Crippen molar-refractivity contribution in [3.8, 4) is 11.5 Å². The van der Waals surface area contributed by atoms with Crippen molar-refractivity contribution >= 4 is 27.1 Å². The molecule has 0 amide bonds. The number of nitro benzene ring substituents is 1. The molecule has 10 nitrogen and oxygen atoms in total. The summed E-state index contributed by atoms with van der Waals surface area (Å²) in [5.41, 5.74) is 0.119. The number of phenolic OH excluding ortho intramolecular Hbond substituents is 1. The molecule has 0 spiro atoms. The molecule has 156 valence electrons. The van der Waals surface area contributed by atoms with Gasteiger partial charge in [0.05, 0.1) is 16.9 Å². The fraction of sp³-hybridized carbons (Fsp3) is 0.333. The summed E-state index contributed by atoms with van der Waals surface area (Å²) in [4.78, 5) is 12.8. The fourth-order valence-corrected chi connectivity index (χ4v) is 4.47. The van der Waals surface area contributed by atoms with E-state index in [1.54, 1.807) is 6.07 Å². The van der Waals surface area contributed by atoms with Crippen molar-refractivity contribution in [2.24, 2.45) is 0 Å². The standard InChI is InChI=1S/C18H22N4O6S/c1-20-7-9-21(10-8-20)29(26,27)14-4-5-15(16(12-14)22(24)25)19-13-3-6-18(28-2)17(23)11-13/h3-6,11-12,19,23H,7-10H2,1-2H3. The normalized spacial score (nSPS) is 15.8. The molecule has 0 atom stereocenters. The SMILES string of the molecule is COc1ccc(Nc2ccc(S(=O)(=O)N3CCN(C)CC3)cc2[N+](=O)[O-])cc1O. The zero-order chi connectivity index (χ0) is 21.2. The van der Waals surface area contributed by atoms with Crippen molar-refractivity contribution in [3.63, 3.8) is 0 Å². The van der Waals surface area contributed by atoms with Crippen LogP contribution in [-0.4, -0.2) is 68.0 Å². The number of benzene rings is 2. The van der Waals surface area contributed by atoms with Gasteiger partial charge in [0.15, 0.2) is 11.5 Å². The van der Waals surface area contributed by atoms with Crippen LogP contribution < -0.4 is 10.1 Å². The molecule has 0 aliphatic carbocycles. The van der Waals surface area contributed by atoms with Gasteiger partial charge in [-0.2, -0.15) is 4.31 Å². The molecule has 1 heterocycles. The third-order valence-electron chi connectivity index (χ3n) is 4.72. The van der Waals surface area contributed by atoms with Crippen LogP contribution in [0.3, 0.4) is 0 Å². The first-order valence-corrected chi connectivity index (χ1v) is 10.3. The number of piperazine rings is 1. The zero-order valence-corrected chi connectivity index (χ0v) is 16.8. The minimum Gasteiger partial charge on any atom is -0.504 e. The van der Waals surface area contributed by atoms with Gasteiger partial charge in [-0.3, -0.25) is 10.1 Å². The number of hydrogen-bond acceptors (Lipinski definition) is 8. The Kier molecular flexibility index (Phi) is 5.91. The van der Waals surface area contributed by atoms with Crippen LogP contribution in [0.25, 0.3) is 0 Å². The maximum absolute atomic E-state index is 12.9. The Morgan fingerprint density at radius 1 is 1.14 bits per heavy atom. The lowest BCUT2D eigenvalue weighted by Gasteiger charge is -2.31. The summed E-state index contributed by atoms with van der Waals surface area (Å²) >= 11 is 0. The molecule has 29 heavy (non-hydrogen) atoms. The highest BCUT2D eigenvalue weighted by Gasteiger charge is 2.29. The predicted molar refractivity (Wildman–Crippen MR) is 107 cm³/mol. The van der Waals surface area contributed by atoms with Crippen LogP contribution in [0.15, 0.2) is 41.3 Å². The number of likely N-dealkylation sites (N-methyl/N-ethyl adjacent to an activating group) is 1. The number of aromatic hydroxyl groups is 1. The molecule has 0 bridgehead atoms. The Balaban J connectivity index is 1.91. The largest absolute Gasteiger partial charge is 0.504 e. The van der Waals surface area contributed by atoms with Crippen LogP contribution in [0.4, 0.5) is 17.1 Å². The van der Waals surface area contributed by atoms with Crippen molar-refractivity contribution < 1.29 is 23.2 Å². The fourth-order valence-electron chi connectivity index (χ4n) is 3.03. The van der Waals surface area contributed by atoms with E-state index < -0.39 is 14.9 Å². The molecule has 2 aromatic carbocycles. The second-order valence-electron chi connectivity index (χ2n) is 6.66. The van der Waals surface area contributed by atoms with Gasteiger partial charge in [-0.25, -0.2) is 8.42 Å². The molecule has 0 aromatic heterocycles. The van der Waals surface area contributed by atoms with Crippen LogP contribution in [0, 0.1) is 10.1 Å². The molecule has 1 fully saturated rings. The van der Waals surface area contributed by atoms with E-state index in [2.05, 4.69) is 5.32 Å². The average molecular weight is 422 g/mol. The smallest absolute Gasteiger partial charge is 0.294 e. The van der Waals surface area contributed by atoms with E-state index in [0.29, 0.717) is 31.9 Å². The summed E-state index contributed by atoms with van der Waals surface area (Å²) < 4.78 is 32.0. The predicted octanol–water partition coefficient (Wildman–Crippen LogP) is 1.99. The summed E-state index contributed by atoms with van der Waals surface area (Å²) in [6, 6.07) is 8.19. The molecule has 0 unspecified atom stereocenters. The summed E-state index contributed by atoms with van der Waals surface area (Å²) in [7, 11) is -0.511. The van der Waals surface area contributed by atoms with Gasteiger partial charge in [0.1, 0.15) is 5.69 Å². The Morgan fingerprint density at radius 2 is 1.83 bits per heavy atom. The van der Waals surface area contributed by atoms with Crippen molar-refractivity contribution in [1.29, 1.82) is 0 Å². The monoisotopic (exact) mass is 422 g/mol. The molecule has 3 rings (SSSR count).